The quantitative estimate of drug-likeness (QED) is 0.0872. The van der Waals surface area contributed by atoms with E-state index in [4.69, 9.17) is 10.6 Å². The van der Waals surface area contributed by atoms with Crippen LogP contribution in [0.2, 0.25) is 0 Å². The number of amides is 2. The predicted octanol–water partition coefficient (Wildman–Crippen LogP) is -0.389. The molecule has 2 aromatic heterocycles. The Kier molecular flexibility index (Phi) is 7.98. The Balaban J connectivity index is 1.63. The molecule has 2 atom stereocenters. The lowest BCUT2D eigenvalue weighted by molar-refractivity contribution is -0.150. The van der Waals surface area contributed by atoms with Crippen LogP contribution in [-0.4, -0.2) is 77.5 Å². The number of aliphatic carboxylic acids is 1. The zero-order chi connectivity index (χ0) is 28.6. The molecule has 18 heteroatoms. The van der Waals surface area contributed by atoms with Crippen LogP contribution in [0, 0.1) is 0 Å². The summed E-state index contributed by atoms with van der Waals surface area (Å²) in [4.78, 5) is 72.2. The van der Waals surface area contributed by atoms with E-state index in [1.165, 1.54) is 30.3 Å². The van der Waals surface area contributed by atoms with Crippen molar-refractivity contribution in [1.82, 2.24) is 30.0 Å². The van der Waals surface area contributed by atoms with Crippen LogP contribution in [0.25, 0.3) is 4.91 Å². The molecule has 1 fully saturated rings. The minimum Gasteiger partial charge on any atom is -0.477 e. The van der Waals surface area contributed by atoms with Crippen molar-refractivity contribution in [2.45, 2.75) is 31.3 Å². The topological polar surface area (TPSA) is 215 Å². The van der Waals surface area contributed by atoms with Crippen LogP contribution in [-0.2, 0) is 19.2 Å². The molecule has 2 aliphatic heterocycles. The Morgan fingerprint density at radius 2 is 2.10 bits per heavy atom. The Labute approximate surface area is 233 Å². The van der Waals surface area contributed by atoms with E-state index in [2.05, 4.69) is 38.3 Å². The van der Waals surface area contributed by atoms with Crippen LogP contribution < -0.4 is 22.2 Å². The number of carboxylic acids is 1. The highest BCUT2D eigenvalue weighted by Crippen LogP contribution is 2.41. The molecule has 0 aromatic carbocycles. The highest BCUT2D eigenvalue weighted by molar-refractivity contribution is 8.00. The number of thiazole rings is 1. The van der Waals surface area contributed by atoms with E-state index in [1.54, 1.807) is 13.8 Å². The highest BCUT2D eigenvalue weighted by Gasteiger charge is 2.54. The number of nitrogens with two attached hydrogens (primary N) is 1. The van der Waals surface area contributed by atoms with Gasteiger partial charge in [0, 0.05) is 22.1 Å². The van der Waals surface area contributed by atoms with Crippen molar-refractivity contribution in [2.24, 2.45) is 5.16 Å². The number of aromatic amines is 1. The number of thiol groups is 1. The molecule has 2 aromatic rings. The van der Waals surface area contributed by atoms with Gasteiger partial charge in [-0.3, -0.25) is 28.6 Å². The molecular weight excluding hydrogens is 572 g/mol. The lowest BCUT2D eigenvalue weighted by Crippen LogP contribution is -2.71. The second-order valence-electron chi connectivity index (χ2n) is 8.41. The number of carbonyl (C=O) groups is 3. The van der Waals surface area contributed by atoms with Gasteiger partial charge in [0.25, 0.3) is 11.8 Å². The van der Waals surface area contributed by atoms with Gasteiger partial charge in [-0.1, -0.05) is 5.16 Å². The largest absolute Gasteiger partial charge is 0.477 e. The Morgan fingerprint density at radius 1 is 1.38 bits per heavy atom. The fourth-order valence-electron chi connectivity index (χ4n) is 3.96. The van der Waals surface area contributed by atoms with E-state index < -0.39 is 46.4 Å². The number of hydrogen-bond donors (Lipinski definition) is 5. The molecule has 0 saturated carbocycles. The molecule has 2 aliphatic rings. The number of anilines is 1. The maximum Gasteiger partial charge on any atom is 0.352 e. The van der Waals surface area contributed by atoms with Crippen LogP contribution in [0.3, 0.4) is 0 Å². The van der Waals surface area contributed by atoms with E-state index in [-0.39, 0.29) is 44.3 Å². The number of nitrogen functional groups attached to an aromatic ring is 1. The Hall–Kier alpha value is -3.90. The van der Waals surface area contributed by atoms with Gasteiger partial charge in [0.2, 0.25) is 0 Å². The van der Waals surface area contributed by atoms with E-state index in [9.17, 15) is 29.1 Å². The standard InChI is InChI=1S/C21H22N8O7S3/c1-7(2)28-14(25-26-16(31)18(28)33)10(37)4-8-5-38-19-12(17(32)29(19)13(8)20(34)35)24-15(30)11(27-36-3)9-6-39-21(22)23-9/h4,6-7,12,19,37H,5H2,1-3H3,(H2,22,23)(H,24,30)(H,26,31)(H,34,35). The van der Waals surface area contributed by atoms with Crippen LogP contribution in [0.1, 0.15) is 31.4 Å². The summed E-state index contributed by atoms with van der Waals surface area (Å²) in [6, 6.07) is -1.48. The summed E-state index contributed by atoms with van der Waals surface area (Å²) in [5.41, 5.74) is 3.77. The van der Waals surface area contributed by atoms with Gasteiger partial charge in [0.1, 0.15) is 29.9 Å². The molecule has 206 valence electrons. The Morgan fingerprint density at radius 3 is 2.69 bits per heavy atom. The molecule has 0 bridgehead atoms. The van der Waals surface area contributed by atoms with Gasteiger partial charge in [-0.2, -0.15) is 5.10 Å². The molecule has 0 radical (unpaired) electrons. The van der Waals surface area contributed by atoms with Crippen LogP contribution in [0.5, 0.6) is 0 Å². The lowest BCUT2D eigenvalue weighted by atomic mass is 10.0. The molecule has 39 heavy (non-hydrogen) atoms. The SMILES string of the molecule is CON=C(C(=O)NC1C(=O)N2C(C(=O)O)=C(C=C(S)c3n[nH]c(=O)c(=O)n3C(C)C)CSC12)c1csc(N)n1. The van der Waals surface area contributed by atoms with Gasteiger partial charge >= 0.3 is 17.1 Å². The molecular formula is C21H22N8O7S3. The first-order chi connectivity index (χ1) is 18.5. The number of carboxylic acid groups (broad SMARTS) is 1. The zero-order valence-electron chi connectivity index (χ0n) is 20.6. The summed E-state index contributed by atoms with van der Waals surface area (Å²) >= 11 is 6.70. The summed E-state index contributed by atoms with van der Waals surface area (Å²) in [5, 5.41) is 23.2. The number of nitrogens with one attached hydrogen (secondary N) is 2. The monoisotopic (exact) mass is 594 g/mol. The average molecular weight is 595 g/mol. The van der Waals surface area contributed by atoms with Gasteiger partial charge in [-0.15, -0.1) is 35.7 Å². The normalized spacial score (nSPS) is 19.6. The molecule has 4 heterocycles. The third kappa shape index (κ3) is 5.21. The minimum atomic E-state index is -1.37. The average Bonchev–Trinajstić information content (AvgIpc) is 3.31. The lowest BCUT2D eigenvalue weighted by Gasteiger charge is -2.49. The van der Waals surface area contributed by atoms with Gasteiger partial charge in [0.05, 0.1) is 0 Å². The summed E-state index contributed by atoms with van der Waals surface area (Å²) in [6.07, 6.45) is 1.38. The van der Waals surface area contributed by atoms with Gasteiger partial charge in [-0.25, -0.2) is 14.9 Å². The van der Waals surface area contributed by atoms with E-state index in [1.807, 2.05) is 0 Å². The first-order valence-electron chi connectivity index (χ1n) is 11.1. The summed E-state index contributed by atoms with van der Waals surface area (Å²) in [6.45, 7) is 3.35. The smallest absolute Gasteiger partial charge is 0.352 e. The second kappa shape index (κ2) is 11.1. The predicted molar refractivity (Wildman–Crippen MR) is 146 cm³/mol. The zero-order valence-corrected chi connectivity index (χ0v) is 23.1. The molecule has 5 N–H and O–H groups in total. The number of oxime groups is 1. The number of β-lactam (4-membered cyclic amide) rings is 1. The van der Waals surface area contributed by atoms with Crippen molar-refractivity contribution in [2.75, 3.05) is 18.6 Å². The van der Waals surface area contributed by atoms with E-state index in [0.29, 0.717) is 0 Å². The number of aromatic nitrogens is 4. The van der Waals surface area contributed by atoms with Crippen molar-refractivity contribution in [3.8, 4) is 0 Å². The summed E-state index contributed by atoms with van der Waals surface area (Å²) < 4.78 is 1.13. The number of hydrogen-bond acceptors (Lipinski definition) is 13. The maximum absolute atomic E-state index is 13.1. The third-order valence-electron chi connectivity index (χ3n) is 5.61. The van der Waals surface area contributed by atoms with Crippen molar-refractivity contribution in [3.63, 3.8) is 0 Å². The number of nitrogens with zero attached hydrogens (tertiary/aromatic N) is 5. The van der Waals surface area contributed by atoms with E-state index in [0.717, 1.165) is 20.8 Å². The molecule has 0 aliphatic carbocycles. The fourth-order valence-corrected chi connectivity index (χ4v) is 6.12. The van der Waals surface area contributed by atoms with Crippen LogP contribution in [0.15, 0.2) is 37.5 Å². The van der Waals surface area contributed by atoms with E-state index >= 15 is 0 Å². The fraction of sp³-hybridized carbons (Fsp3) is 0.333. The van der Waals surface area contributed by atoms with Crippen molar-refractivity contribution < 1.29 is 24.3 Å². The second-order valence-corrected chi connectivity index (χ2v) is 10.9. The maximum atomic E-state index is 13.1. The van der Waals surface area contributed by atoms with Crippen LogP contribution >= 0.6 is 35.7 Å². The summed E-state index contributed by atoms with van der Waals surface area (Å²) in [7, 11) is 1.24. The number of allylic oxidation sites excluding steroid dienone is 1. The van der Waals surface area contributed by atoms with Gasteiger partial charge in [-0.05, 0) is 25.5 Å². The molecule has 15 nitrogen and oxygen atoms in total. The number of H-pyrrole nitrogens is 1. The number of rotatable bonds is 8. The third-order valence-corrected chi connectivity index (χ3v) is 7.92. The van der Waals surface area contributed by atoms with Gasteiger partial charge < -0.3 is 21.0 Å². The number of carbonyl (C=O) groups excluding carboxylic acids is 2. The minimum absolute atomic E-state index is 0.0232. The molecule has 2 amide bonds. The van der Waals surface area contributed by atoms with Crippen molar-refractivity contribution in [1.29, 1.82) is 0 Å². The van der Waals surface area contributed by atoms with Crippen molar-refractivity contribution in [3.05, 3.63) is 55.0 Å². The summed E-state index contributed by atoms with van der Waals surface area (Å²) in [5.74, 6) is -2.62. The number of thioether (sulfide) groups is 1. The first-order valence-corrected chi connectivity index (χ1v) is 13.5. The Bertz CT molecular complexity index is 1570. The number of fused-ring (bicyclic) bond motifs is 1. The molecule has 1 saturated heterocycles. The molecule has 0 spiro atoms. The van der Waals surface area contributed by atoms with Gasteiger partial charge in [0.15, 0.2) is 16.7 Å². The van der Waals surface area contributed by atoms with Crippen molar-refractivity contribution >= 4 is 69.3 Å². The molecule has 2 unspecified atom stereocenters. The van der Waals surface area contributed by atoms with Crippen LogP contribution in [0.4, 0.5) is 5.13 Å². The molecule has 4 rings (SSSR count). The first kappa shape index (κ1) is 28.1. The highest BCUT2D eigenvalue weighted by atomic mass is 32.2.